The number of anilines is 2. The first-order valence-corrected chi connectivity index (χ1v) is 13.5. The lowest BCUT2D eigenvalue weighted by Gasteiger charge is -2.32. The predicted molar refractivity (Wildman–Crippen MR) is 129 cm³/mol. The minimum atomic E-state index is -3.79. The van der Waals surface area contributed by atoms with Crippen LogP contribution in [0.25, 0.3) is 0 Å². The minimum absolute atomic E-state index is 0.0707. The Bertz CT molecular complexity index is 1230. The number of carbonyl (C=O) groups excluding carboxylic acids is 1. The molecule has 1 aliphatic heterocycles. The van der Waals surface area contributed by atoms with E-state index in [9.17, 15) is 21.6 Å². The molecule has 2 aromatic rings. The van der Waals surface area contributed by atoms with Crippen LogP contribution in [0.5, 0.6) is 0 Å². The fourth-order valence-electron chi connectivity index (χ4n) is 3.69. The van der Waals surface area contributed by atoms with Crippen LogP contribution in [0.15, 0.2) is 47.4 Å². The molecule has 2 N–H and O–H groups in total. The highest BCUT2D eigenvalue weighted by molar-refractivity contribution is 7.92. The van der Waals surface area contributed by atoms with Crippen LogP contribution in [-0.4, -0.2) is 58.5 Å². The van der Waals surface area contributed by atoms with E-state index in [2.05, 4.69) is 10.0 Å². The highest BCUT2D eigenvalue weighted by Crippen LogP contribution is 2.24. The van der Waals surface area contributed by atoms with Crippen LogP contribution in [0.1, 0.15) is 24.0 Å². The van der Waals surface area contributed by atoms with Gasteiger partial charge in [0.25, 0.3) is 20.2 Å². The second kappa shape index (κ2) is 9.80. The van der Waals surface area contributed by atoms with Crippen molar-refractivity contribution in [2.45, 2.75) is 31.6 Å². The van der Waals surface area contributed by atoms with Gasteiger partial charge in [-0.1, -0.05) is 17.7 Å². The lowest BCUT2D eigenvalue weighted by molar-refractivity contribution is -0.120. The third-order valence-electron chi connectivity index (χ3n) is 5.60. The number of aryl methyl sites for hydroxylation is 2. The summed E-state index contributed by atoms with van der Waals surface area (Å²) in [5, 5.41) is 2.77. The smallest absolute Gasteiger partial charge is 0.281 e. The Morgan fingerprint density at radius 2 is 1.70 bits per heavy atom. The van der Waals surface area contributed by atoms with E-state index in [4.69, 9.17) is 0 Å². The minimum Gasteiger partial charge on any atom is -0.326 e. The Morgan fingerprint density at radius 1 is 1.03 bits per heavy atom. The zero-order valence-corrected chi connectivity index (χ0v) is 20.8. The summed E-state index contributed by atoms with van der Waals surface area (Å²) in [5.74, 6) is -0.777. The Balaban J connectivity index is 1.67. The average molecular weight is 495 g/mol. The standard InChI is InChI=1S/C22H30N4O5S2/c1-16-7-12-21(17(2)14-16)24-32(28,29)20-10-8-19(9-11-20)23-22(27)18-6-5-13-26(15-18)33(30,31)25(3)4/h7-12,14,18,24H,5-6,13,15H2,1-4H3,(H,23,27)/t18-/m1/s1. The number of nitrogens with one attached hydrogen (secondary N) is 2. The Labute approximate surface area is 196 Å². The van der Waals surface area contributed by atoms with Crippen molar-refractivity contribution < 1.29 is 21.6 Å². The van der Waals surface area contributed by atoms with E-state index in [-0.39, 0.29) is 17.3 Å². The molecule has 0 aliphatic carbocycles. The zero-order chi connectivity index (χ0) is 24.4. The van der Waals surface area contributed by atoms with Crippen LogP contribution >= 0.6 is 0 Å². The van der Waals surface area contributed by atoms with Crippen molar-refractivity contribution in [3.63, 3.8) is 0 Å². The lowest BCUT2D eigenvalue weighted by Crippen LogP contribution is -2.47. The quantitative estimate of drug-likeness (QED) is 0.614. The van der Waals surface area contributed by atoms with E-state index in [1.165, 1.54) is 42.7 Å². The van der Waals surface area contributed by atoms with Gasteiger partial charge in [0, 0.05) is 32.9 Å². The number of hydrogen-bond acceptors (Lipinski definition) is 5. The highest BCUT2D eigenvalue weighted by Gasteiger charge is 2.33. The summed E-state index contributed by atoms with van der Waals surface area (Å²) in [4.78, 5) is 12.8. The molecule has 0 saturated carbocycles. The maximum atomic E-state index is 12.7. The van der Waals surface area contributed by atoms with Crippen LogP contribution < -0.4 is 10.0 Å². The molecule has 1 aliphatic rings. The highest BCUT2D eigenvalue weighted by atomic mass is 32.2. The molecule has 1 atom stereocenters. The van der Waals surface area contributed by atoms with E-state index in [0.717, 1.165) is 15.4 Å². The number of hydrogen-bond donors (Lipinski definition) is 2. The molecule has 0 radical (unpaired) electrons. The SMILES string of the molecule is Cc1ccc(NS(=O)(=O)c2ccc(NC(=O)[C@@H]3CCCN(S(=O)(=O)N(C)C)C3)cc2)c(C)c1. The van der Waals surface area contributed by atoms with E-state index in [1.54, 1.807) is 6.07 Å². The van der Waals surface area contributed by atoms with Gasteiger partial charge in [-0.25, -0.2) is 8.42 Å². The normalized spacial score (nSPS) is 17.7. The number of rotatable bonds is 7. The molecule has 2 aromatic carbocycles. The number of piperidine rings is 1. The molecule has 1 fully saturated rings. The van der Waals surface area contributed by atoms with E-state index in [1.807, 2.05) is 26.0 Å². The van der Waals surface area contributed by atoms with Crippen molar-refractivity contribution in [3.8, 4) is 0 Å². The number of nitrogens with zero attached hydrogens (tertiary/aromatic N) is 2. The topological polar surface area (TPSA) is 116 Å². The summed E-state index contributed by atoms with van der Waals surface area (Å²) in [5.41, 5.74) is 2.81. The largest absolute Gasteiger partial charge is 0.326 e. The molecule has 1 amide bonds. The van der Waals surface area contributed by atoms with Gasteiger partial charge in [0.15, 0.2) is 0 Å². The second-order valence-corrected chi connectivity index (χ2v) is 12.2. The van der Waals surface area contributed by atoms with Crippen molar-refractivity contribution in [1.29, 1.82) is 0 Å². The monoisotopic (exact) mass is 494 g/mol. The summed E-state index contributed by atoms with van der Waals surface area (Å²) >= 11 is 0. The molecular weight excluding hydrogens is 464 g/mol. The maximum Gasteiger partial charge on any atom is 0.281 e. The zero-order valence-electron chi connectivity index (χ0n) is 19.2. The van der Waals surface area contributed by atoms with Crippen molar-refractivity contribution in [2.24, 2.45) is 5.92 Å². The number of benzene rings is 2. The van der Waals surface area contributed by atoms with Crippen LogP contribution in [0, 0.1) is 19.8 Å². The molecule has 180 valence electrons. The van der Waals surface area contributed by atoms with E-state index >= 15 is 0 Å². The van der Waals surface area contributed by atoms with Crippen molar-refractivity contribution >= 4 is 37.5 Å². The van der Waals surface area contributed by atoms with Gasteiger partial charge in [0.05, 0.1) is 16.5 Å². The first-order valence-electron chi connectivity index (χ1n) is 10.6. The summed E-state index contributed by atoms with van der Waals surface area (Å²) in [6.45, 7) is 4.26. The van der Waals surface area contributed by atoms with Gasteiger partial charge in [0.2, 0.25) is 5.91 Å². The average Bonchev–Trinajstić information content (AvgIpc) is 2.76. The molecule has 0 unspecified atom stereocenters. The van der Waals surface area contributed by atoms with Crippen molar-refractivity contribution in [3.05, 3.63) is 53.6 Å². The van der Waals surface area contributed by atoms with Gasteiger partial charge in [-0.05, 0) is 62.6 Å². The molecule has 3 rings (SSSR count). The summed E-state index contributed by atoms with van der Waals surface area (Å²) in [6.07, 6.45) is 1.17. The predicted octanol–water partition coefficient (Wildman–Crippen LogP) is 2.56. The molecular formula is C22H30N4O5S2. The molecule has 0 spiro atoms. The molecule has 0 aromatic heterocycles. The maximum absolute atomic E-state index is 12.7. The van der Waals surface area contributed by atoms with Gasteiger partial charge in [-0.15, -0.1) is 0 Å². The third-order valence-corrected chi connectivity index (χ3v) is 8.89. The fraction of sp³-hybridized carbons (Fsp3) is 0.409. The Kier molecular flexibility index (Phi) is 7.47. The van der Waals surface area contributed by atoms with Crippen molar-refractivity contribution in [2.75, 3.05) is 37.2 Å². The first-order chi connectivity index (χ1) is 15.4. The van der Waals surface area contributed by atoms with E-state index < -0.39 is 26.2 Å². The van der Waals surface area contributed by atoms with Crippen LogP contribution in [0.4, 0.5) is 11.4 Å². The van der Waals surface area contributed by atoms with Gasteiger partial charge in [-0.2, -0.15) is 17.0 Å². The number of amides is 1. The Morgan fingerprint density at radius 3 is 2.30 bits per heavy atom. The van der Waals surface area contributed by atoms with Gasteiger partial charge >= 0.3 is 0 Å². The van der Waals surface area contributed by atoms with Crippen LogP contribution in [0.3, 0.4) is 0 Å². The summed E-state index contributed by atoms with van der Waals surface area (Å²) in [7, 11) is -4.44. The van der Waals surface area contributed by atoms with Gasteiger partial charge in [0.1, 0.15) is 0 Å². The van der Waals surface area contributed by atoms with Gasteiger partial charge in [-0.3, -0.25) is 9.52 Å². The first kappa shape index (κ1) is 25.2. The molecule has 33 heavy (non-hydrogen) atoms. The molecule has 9 nitrogen and oxygen atoms in total. The molecule has 0 bridgehead atoms. The summed E-state index contributed by atoms with van der Waals surface area (Å²) < 4.78 is 55.3. The van der Waals surface area contributed by atoms with E-state index in [0.29, 0.717) is 30.8 Å². The number of sulfonamides is 1. The molecule has 1 heterocycles. The molecule has 11 heteroatoms. The Hall–Kier alpha value is -2.47. The van der Waals surface area contributed by atoms with Crippen LogP contribution in [-0.2, 0) is 25.0 Å². The molecule has 1 saturated heterocycles. The lowest BCUT2D eigenvalue weighted by atomic mass is 9.99. The van der Waals surface area contributed by atoms with Crippen molar-refractivity contribution in [1.82, 2.24) is 8.61 Å². The third kappa shape index (κ3) is 5.91. The fourth-order valence-corrected chi connectivity index (χ4v) is 6.01. The van der Waals surface area contributed by atoms with Crippen LogP contribution in [0.2, 0.25) is 0 Å². The summed E-state index contributed by atoms with van der Waals surface area (Å²) in [6, 6.07) is 11.3. The second-order valence-electron chi connectivity index (χ2n) is 8.42. The number of carbonyl (C=O) groups is 1. The van der Waals surface area contributed by atoms with Gasteiger partial charge < -0.3 is 5.32 Å².